The number of likely N-dealkylation sites (N-methyl/N-ethyl adjacent to an activating group) is 2. The van der Waals surface area contributed by atoms with Crippen LogP contribution in [0.3, 0.4) is 0 Å². The van der Waals surface area contributed by atoms with Gasteiger partial charge in [0.05, 0.1) is 26.4 Å². The first-order valence-corrected chi connectivity index (χ1v) is 20.4. The van der Waals surface area contributed by atoms with Crippen molar-refractivity contribution in [3.8, 4) is 11.5 Å². The summed E-state index contributed by atoms with van der Waals surface area (Å²) in [6.45, 7) is 7.20. The maximum Gasteiger partial charge on any atom is 0.513 e. The summed E-state index contributed by atoms with van der Waals surface area (Å²) in [7, 11) is 4.44. The monoisotopic (exact) mass is 768 g/mol. The molecular formula is C44H52N2O10. The molecule has 0 aromatic heterocycles. The number of carbonyl (C=O) groups is 2. The number of nitrogens with zero attached hydrogens (tertiary/aromatic N) is 2. The fourth-order valence-electron chi connectivity index (χ4n) is 12.1. The van der Waals surface area contributed by atoms with Crippen LogP contribution < -0.4 is 9.47 Å². The lowest BCUT2D eigenvalue weighted by atomic mass is 9.53. The van der Waals surface area contributed by atoms with Crippen molar-refractivity contribution in [1.82, 2.24) is 9.80 Å². The van der Waals surface area contributed by atoms with E-state index in [2.05, 4.69) is 62.0 Å². The maximum atomic E-state index is 12.8. The number of allylic oxidation sites excluding steroid dienone is 2. The second-order valence-electron chi connectivity index (χ2n) is 17.1. The molecule has 4 bridgehead atoms. The second kappa shape index (κ2) is 13.8. The zero-order valence-electron chi connectivity index (χ0n) is 32.8. The molecule has 0 radical (unpaired) electrons. The Balaban J connectivity index is 0.644. The van der Waals surface area contributed by atoms with Crippen LogP contribution in [0.25, 0.3) is 0 Å². The molecule has 0 amide bonds. The van der Waals surface area contributed by atoms with Crippen LogP contribution >= 0.6 is 0 Å². The summed E-state index contributed by atoms with van der Waals surface area (Å²) in [5, 5.41) is 0. The summed E-state index contributed by atoms with van der Waals surface area (Å²) in [6, 6.07) is 9.68. The summed E-state index contributed by atoms with van der Waals surface area (Å²) in [5.41, 5.74) is 7.25. The predicted molar refractivity (Wildman–Crippen MR) is 203 cm³/mol. The Bertz CT molecular complexity index is 1870. The third kappa shape index (κ3) is 5.38. The molecule has 2 saturated heterocycles. The number of rotatable bonds is 11. The van der Waals surface area contributed by atoms with Crippen molar-refractivity contribution in [2.75, 3.05) is 66.8 Å². The van der Waals surface area contributed by atoms with Gasteiger partial charge < -0.3 is 47.7 Å². The van der Waals surface area contributed by atoms with Gasteiger partial charge in [-0.3, -0.25) is 0 Å². The van der Waals surface area contributed by atoms with Gasteiger partial charge in [-0.15, -0.1) is 0 Å². The molecule has 10 rings (SSSR count). The fourth-order valence-corrected chi connectivity index (χ4v) is 12.1. The molecule has 12 heteroatoms. The number of piperidine rings is 2. The van der Waals surface area contributed by atoms with Crippen LogP contribution in [0.5, 0.6) is 11.5 Å². The van der Waals surface area contributed by atoms with Crippen molar-refractivity contribution in [3.63, 3.8) is 0 Å². The molecule has 4 aliphatic heterocycles. The molecule has 2 fully saturated rings. The highest BCUT2D eigenvalue weighted by Gasteiger charge is 2.66. The third-order valence-electron chi connectivity index (χ3n) is 14.6. The summed E-state index contributed by atoms with van der Waals surface area (Å²) < 4.78 is 46.9. The average molecular weight is 769 g/mol. The second-order valence-corrected chi connectivity index (χ2v) is 17.1. The summed E-state index contributed by atoms with van der Waals surface area (Å²) in [6.07, 6.45) is 7.52. The van der Waals surface area contributed by atoms with Crippen molar-refractivity contribution in [1.29, 1.82) is 0 Å². The Morgan fingerprint density at radius 1 is 0.661 bits per heavy atom. The first kappa shape index (κ1) is 36.3. The lowest BCUT2D eigenvalue weighted by molar-refractivity contribution is -0.0349. The van der Waals surface area contributed by atoms with Crippen molar-refractivity contribution in [3.05, 3.63) is 81.3 Å². The van der Waals surface area contributed by atoms with Crippen molar-refractivity contribution >= 4 is 12.3 Å². The molecule has 2 spiro atoms. The maximum absolute atomic E-state index is 12.8. The van der Waals surface area contributed by atoms with Gasteiger partial charge in [-0.1, -0.05) is 24.3 Å². The molecule has 8 atom stereocenters. The molecule has 0 N–H and O–H groups in total. The van der Waals surface area contributed by atoms with Crippen molar-refractivity contribution in [2.45, 2.75) is 87.5 Å². The number of benzene rings is 2. The lowest BCUT2D eigenvalue weighted by Crippen LogP contribution is -2.63. The Kier molecular flexibility index (Phi) is 8.92. The Morgan fingerprint density at radius 3 is 1.54 bits per heavy atom. The van der Waals surface area contributed by atoms with Crippen LogP contribution in [0.1, 0.15) is 59.1 Å². The first-order chi connectivity index (χ1) is 27.2. The van der Waals surface area contributed by atoms with Gasteiger partial charge in [0.1, 0.15) is 36.2 Å². The van der Waals surface area contributed by atoms with Crippen LogP contribution in [0.15, 0.2) is 47.9 Å². The van der Waals surface area contributed by atoms with Crippen molar-refractivity contribution < 1.29 is 47.5 Å². The topological polar surface area (TPSA) is 114 Å². The molecule has 56 heavy (non-hydrogen) atoms. The summed E-state index contributed by atoms with van der Waals surface area (Å²) in [5.74, 6) is 3.85. The van der Waals surface area contributed by atoms with E-state index in [1.54, 1.807) is 0 Å². The van der Waals surface area contributed by atoms with Crippen LogP contribution in [-0.4, -0.2) is 113 Å². The molecule has 4 heterocycles. The van der Waals surface area contributed by atoms with E-state index in [1.165, 1.54) is 22.3 Å². The van der Waals surface area contributed by atoms with E-state index >= 15 is 0 Å². The van der Waals surface area contributed by atoms with Crippen LogP contribution in [0.2, 0.25) is 0 Å². The fraction of sp³-hybridized carbons (Fsp3) is 0.591. The Morgan fingerprint density at radius 2 is 1.09 bits per heavy atom. The molecule has 2 aromatic rings. The highest BCUT2D eigenvalue weighted by molar-refractivity contribution is 5.65. The minimum Gasteiger partial charge on any atom is -0.481 e. The standard InChI is InChI=1S/C44H52N2O10/c1-25-5-7-27-23-31-29-9-11-33(39-43(29,13-15-45(31)3)35(27)37(25)55-39)53-41(47)51-21-19-49-17-18-50-20-22-52-42(48)54-34-12-10-30-32-24-28-8-6-26(2)38-36(28)44(30,40(34)56-38)14-16-46(32)4/h5-8,11-12,29-32,39-40H,9-10,13-24H2,1-4H3/t29?,30?,31-,32+,39+,40-,43+,44-. The Labute approximate surface area is 327 Å². The van der Waals surface area contributed by atoms with E-state index in [0.717, 1.165) is 74.2 Å². The highest BCUT2D eigenvalue weighted by atomic mass is 16.7. The van der Waals surface area contributed by atoms with Crippen LogP contribution in [-0.2, 0) is 52.1 Å². The number of ether oxygens (including phenoxy) is 8. The molecule has 2 unspecified atom stereocenters. The minimum atomic E-state index is -0.756. The van der Waals surface area contributed by atoms with Gasteiger partial charge in [-0.2, -0.15) is 0 Å². The molecule has 0 saturated carbocycles. The minimum absolute atomic E-state index is 0.0443. The van der Waals surface area contributed by atoms with E-state index in [-0.39, 0.29) is 62.7 Å². The molecule has 2 aromatic carbocycles. The summed E-state index contributed by atoms with van der Waals surface area (Å²) in [4.78, 5) is 30.6. The van der Waals surface area contributed by atoms with Gasteiger partial charge in [0, 0.05) is 34.0 Å². The number of aryl methyl sites for hydroxylation is 2. The smallest absolute Gasteiger partial charge is 0.481 e. The largest absolute Gasteiger partial charge is 0.513 e. The van der Waals surface area contributed by atoms with Gasteiger partial charge in [-0.25, -0.2) is 9.59 Å². The predicted octanol–water partition coefficient (Wildman–Crippen LogP) is 5.67. The molecule has 4 aliphatic carbocycles. The molecular weight excluding hydrogens is 716 g/mol. The number of carbonyl (C=O) groups excluding carboxylic acids is 2. The van der Waals surface area contributed by atoms with Gasteiger partial charge in [0.15, 0.2) is 12.2 Å². The van der Waals surface area contributed by atoms with Gasteiger partial charge in [0.2, 0.25) is 0 Å². The van der Waals surface area contributed by atoms with Gasteiger partial charge >= 0.3 is 12.3 Å². The van der Waals surface area contributed by atoms with E-state index < -0.39 is 12.3 Å². The number of hydrogen-bond acceptors (Lipinski definition) is 12. The average Bonchev–Trinajstić information content (AvgIpc) is 3.73. The highest BCUT2D eigenvalue weighted by Crippen LogP contribution is 2.64. The zero-order chi connectivity index (χ0) is 38.3. The molecule has 298 valence electrons. The van der Waals surface area contributed by atoms with Gasteiger partial charge in [-0.05, 0) is 126 Å². The van der Waals surface area contributed by atoms with E-state index in [9.17, 15) is 9.59 Å². The number of hydrogen-bond donors (Lipinski definition) is 0. The SMILES string of the molecule is Cc1ccc2c3c1O[C@@H]1C(OC(=O)OCCOCCOCCOC(=O)OC4=CCC5[C@H]6Cc7ccc(C)c8c7[C@@]5(CCN6C)[C@H]4O8)=CCC4[C@H](C2)N(C)CC[C@]341. The molecule has 12 nitrogen and oxygen atoms in total. The van der Waals surface area contributed by atoms with Crippen molar-refractivity contribution in [2.24, 2.45) is 11.8 Å². The van der Waals surface area contributed by atoms with E-state index in [4.69, 9.17) is 37.9 Å². The number of likely N-dealkylation sites (tertiary alicyclic amines) is 2. The van der Waals surface area contributed by atoms with Gasteiger partial charge in [0.25, 0.3) is 0 Å². The molecule has 8 aliphatic rings. The zero-order valence-corrected chi connectivity index (χ0v) is 32.8. The van der Waals surface area contributed by atoms with E-state index in [0.29, 0.717) is 35.4 Å². The Hall–Kier alpha value is -4.10. The first-order valence-electron chi connectivity index (χ1n) is 20.4. The third-order valence-corrected chi connectivity index (χ3v) is 14.6. The lowest BCUT2D eigenvalue weighted by Gasteiger charge is -2.56. The van der Waals surface area contributed by atoms with Crippen LogP contribution in [0.4, 0.5) is 9.59 Å². The quantitative estimate of drug-likeness (QED) is 0.207. The van der Waals surface area contributed by atoms with E-state index in [1.807, 2.05) is 12.2 Å². The normalized spacial score (nSPS) is 32.6. The summed E-state index contributed by atoms with van der Waals surface area (Å²) >= 11 is 0. The van der Waals surface area contributed by atoms with Crippen LogP contribution in [0, 0.1) is 25.7 Å².